The van der Waals surface area contributed by atoms with Crippen LogP contribution in [0, 0.1) is 5.82 Å². The third-order valence-electron chi connectivity index (χ3n) is 7.31. The van der Waals surface area contributed by atoms with E-state index < -0.39 is 41.7 Å². The fraction of sp³-hybridized carbons (Fsp3) is 0.333. The molecule has 0 aromatic heterocycles. The van der Waals surface area contributed by atoms with Crippen molar-refractivity contribution in [2.45, 2.75) is 25.0 Å². The van der Waals surface area contributed by atoms with Crippen molar-refractivity contribution in [3.05, 3.63) is 88.7 Å². The summed E-state index contributed by atoms with van der Waals surface area (Å²) < 4.78 is 46.4. The first-order valence-electron chi connectivity index (χ1n) is 14.5. The normalized spacial score (nSPS) is 16.0. The predicted octanol–water partition coefficient (Wildman–Crippen LogP) is 4.13. The Bertz CT molecular complexity index is 1580. The van der Waals surface area contributed by atoms with Crippen molar-refractivity contribution >= 4 is 23.8 Å². The van der Waals surface area contributed by atoms with E-state index >= 15 is 0 Å². The zero-order valence-corrected chi connectivity index (χ0v) is 26.0. The Morgan fingerprint density at radius 1 is 0.915 bits per heavy atom. The summed E-state index contributed by atoms with van der Waals surface area (Å²) >= 11 is 0. The highest BCUT2D eigenvalue weighted by atomic mass is 19.1. The number of esters is 1. The molecule has 47 heavy (non-hydrogen) atoms. The molecule has 1 heterocycles. The molecule has 0 saturated carbocycles. The number of benzene rings is 3. The summed E-state index contributed by atoms with van der Waals surface area (Å²) in [5.74, 6) is -2.24. The third-order valence-corrected chi connectivity index (χ3v) is 7.31. The Kier molecular flexibility index (Phi) is 12.1. The van der Waals surface area contributed by atoms with Gasteiger partial charge in [-0.3, -0.25) is 9.59 Å². The first-order chi connectivity index (χ1) is 22.7. The van der Waals surface area contributed by atoms with Crippen molar-refractivity contribution in [3.63, 3.8) is 0 Å². The molecule has 4 rings (SSSR count). The number of carboxylic acid groups (broad SMARTS) is 1. The van der Waals surface area contributed by atoms with E-state index in [-0.39, 0.29) is 66.8 Å². The number of halogens is 1. The summed E-state index contributed by atoms with van der Waals surface area (Å²) in [6.07, 6.45) is -1.49. The predicted molar refractivity (Wildman–Crippen MR) is 164 cm³/mol. The minimum absolute atomic E-state index is 0.00326. The zero-order valence-electron chi connectivity index (χ0n) is 26.0. The molecule has 14 heteroatoms. The zero-order chi connectivity index (χ0) is 33.9. The number of rotatable bonds is 13. The van der Waals surface area contributed by atoms with Crippen LogP contribution in [0.5, 0.6) is 17.2 Å². The molecule has 0 aliphatic carbocycles. The number of carbonyl (C=O) groups is 4. The second kappa shape index (κ2) is 16.4. The largest absolute Gasteiger partial charge is 0.497 e. The Balaban J connectivity index is 1.54. The fourth-order valence-corrected chi connectivity index (χ4v) is 4.97. The highest BCUT2D eigenvalue weighted by Gasteiger charge is 2.34. The molecule has 2 atom stereocenters. The van der Waals surface area contributed by atoms with Crippen LogP contribution in [0.15, 0.2) is 60.7 Å². The number of methoxy groups -OCH3 is 3. The molecular weight excluding hydrogens is 619 g/mol. The van der Waals surface area contributed by atoms with Crippen LogP contribution in [-0.4, -0.2) is 93.9 Å². The van der Waals surface area contributed by atoms with Crippen molar-refractivity contribution in [2.24, 2.45) is 0 Å². The average molecular weight is 655 g/mol. The maximum absolute atomic E-state index is 14.6. The Morgan fingerprint density at radius 2 is 1.60 bits per heavy atom. The van der Waals surface area contributed by atoms with E-state index in [4.69, 9.17) is 28.4 Å². The lowest BCUT2D eigenvalue weighted by Crippen LogP contribution is -2.51. The second-order valence-corrected chi connectivity index (χ2v) is 10.4. The average Bonchev–Trinajstić information content (AvgIpc) is 3.27. The minimum Gasteiger partial charge on any atom is -0.497 e. The molecule has 1 aliphatic rings. The van der Waals surface area contributed by atoms with Gasteiger partial charge in [-0.25, -0.2) is 14.0 Å². The summed E-state index contributed by atoms with van der Waals surface area (Å²) in [6, 6.07) is 13.1. The highest BCUT2D eigenvalue weighted by Crippen LogP contribution is 2.27. The van der Waals surface area contributed by atoms with Crippen molar-refractivity contribution < 1.29 is 57.1 Å². The molecular formula is C33H35FN2O11. The van der Waals surface area contributed by atoms with Crippen LogP contribution in [0.2, 0.25) is 0 Å². The van der Waals surface area contributed by atoms with Crippen molar-refractivity contribution in [1.82, 2.24) is 10.2 Å². The number of nitrogens with zero attached hydrogens (tertiary/aromatic N) is 1. The summed E-state index contributed by atoms with van der Waals surface area (Å²) in [5, 5.41) is 12.5. The molecule has 13 nitrogen and oxygen atoms in total. The number of likely N-dealkylation sites (tertiary alicyclic amines) is 1. The smallest absolute Gasteiger partial charge is 0.407 e. The molecule has 0 unspecified atom stereocenters. The van der Waals surface area contributed by atoms with Gasteiger partial charge in [-0.1, -0.05) is 18.2 Å². The van der Waals surface area contributed by atoms with Gasteiger partial charge in [-0.05, 0) is 55.3 Å². The molecule has 0 bridgehead atoms. The molecule has 2 N–H and O–H groups in total. The lowest BCUT2D eigenvalue weighted by molar-refractivity contribution is 0.0177. The van der Waals surface area contributed by atoms with Gasteiger partial charge in [0.2, 0.25) is 0 Å². The van der Waals surface area contributed by atoms with Gasteiger partial charge in [0.15, 0.2) is 19.4 Å². The molecule has 1 saturated heterocycles. The number of ketones is 1. The molecule has 0 radical (unpaired) electrons. The third kappa shape index (κ3) is 8.74. The Hall–Kier alpha value is -5.21. The quantitative estimate of drug-likeness (QED) is 0.155. The van der Waals surface area contributed by atoms with Gasteiger partial charge in [-0.2, -0.15) is 0 Å². The van der Waals surface area contributed by atoms with E-state index in [2.05, 4.69) is 5.32 Å². The fourth-order valence-electron chi connectivity index (χ4n) is 4.97. The van der Waals surface area contributed by atoms with E-state index in [1.165, 1.54) is 69.9 Å². The second-order valence-electron chi connectivity index (χ2n) is 10.4. The highest BCUT2D eigenvalue weighted by molar-refractivity contribution is 6.11. The van der Waals surface area contributed by atoms with Crippen LogP contribution in [0.3, 0.4) is 0 Å². The lowest BCUT2D eigenvalue weighted by atomic mass is 10.0. The summed E-state index contributed by atoms with van der Waals surface area (Å²) in [7, 11) is 4.26. The van der Waals surface area contributed by atoms with Gasteiger partial charge in [-0.15, -0.1) is 0 Å². The van der Waals surface area contributed by atoms with Crippen molar-refractivity contribution in [3.8, 4) is 17.2 Å². The summed E-state index contributed by atoms with van der Waals surface area (Å²) in [6.45, 7) is -0.305. The standard InChI is InChI=1S/C33H35FN2O11/c1-42-18-45-26-14-13-22(44-3)16-23(26)31(38)35-25-17-36(33(40)41)15-5-8-27(25)47-32(39)21-11-9-20(10-12-21)30(37)29-24(34)6-4-7-28(29)46-19-43-2/h4,6-7,9-14,16,25,27H,5,8,15,17-19H2,1-3H3,(H,35,38)(H,40,41)/t25-,27-/m1/s1. The van der Waals surface area contributed by atoms with Crippen LogP contribution in [0.25, 0.3) is 0 Å². The van der Waals surface area contributed by atoms with Crippen LogP contribution >= 0.6 is 0 Å². The first-order valence-corrected chi connectivity index (χ1v) is 14.5. The number of carbonyl (C=O) groups excluding carboxylic acids is 3. The van der Waals surface area contributed by atoms with Gasteiger partial charge in [0, 0.05) is 32.9 Å². The van der Waals surface area contributed by atoms with E-state index in [9.17, 15) is 28.7 Å². The molecule has 250 valence electrons. The van der Waals surface area contributed by atoms with Gasteiger partial charge < -0.3 is 43.7 Å². The molecule has 0 spiro atoms. The summed E-state index contributed by atoms with van der Waals surface area (Å²) in [5.41, 5.74) is -0.0102. The number of amides is 2. The maximum Gasteiger partial charge on any atom is 0.407 e. The van der Waals surface area contributed by atoms with Crippen LogP contribution in [-0.2, 0) is 14.2 Å². The molecule has 1 fully saturated rings. The van der Waals surface area contributed by atoms with Crippen molar-refractivity contribution in [2.75, 3.05) is 48.0 Å². The van der Waals surface area contributed by atoms with Crippen LogP contribution in [0.1, 0.15) is 49.5 Å². The SMILES string of the molecule is COCOc1ccc(OC)cc1C(=O)N[C@@H]1CN(C(=O)O)CCC[C@H]1OC(=O)c1ccc(C(=O)c2c(F)cccc2OCOC)cc1. The van der Waals surface area contributed by atoms with Crippen LogP contribution in [0.4, 0.5) is 9.18 Å². The van der Waals surface area contributed by atoms with Crippen molar-refractivity contribution in [1.29, 1.82) is 0 Å². The van der Waals surface area contributed by atoms with Gasteiger partial charge >= 0.3 is 12.1 Å². The van der Waals surface area contributed by atoms with Gasteiger partial charge in [0.05, 0.1) is 24.3 Å². The Morgan fingerprint density at radius 3 is 2.26 bits per heavy atom. The van der Waals surface area contributed by atoms with E-state index in [1.807, 2.05) is 0 Å². The monoisotopic (exact) mass is 654 g/mol. The van der Waals surface area contributed by atoms with E-state index in [0.717, 1.165) is 11.0 Å². The number of nitrogens with one attached hydrogen (secondary N) is 1. The van der Waals surface area contributed by atoms with Gasteiger partial charge in [0.25, 0.3) is 5.91 Å². The molecule has 3 aromatic rings. The number of ether oxygens (including phenoxy) is 6. The van der Waals surface area contributed by atoms with Crippen LogP contribution < -0.4 is 19.5 Å². The topological polar surface area (TPSA) is 159 Å². The molecule has 2 amide bonds. The number of hydrogen-bond donors (Lipinski definition) is 2. The first kappa shape index (κ1) is 34.7. The van der Waals surface area contributed by atoms with E-state index in [0.29, 0.717) is 12.2 Å². The number of hydrogen-bond acceptors (Lipinski definition) is 10. The van der Waals surface area contributed by atoms with E-state index in [1.54, 1.807) is 6.07 Å². The molecule has 3 aromatic carbocycles. The Labute approximate surface area is 270 Å². The van der Waals surface area contributed by atoms with Gasteiger partial charge in [0.1, 0.15) is 34.7 Å². The minimum atomic E-state index is -1.19. The summed E-state index contributed by atoms with van der Waals surface area (Å²) in [4.78, 5) is 53.0. The lowest BCUT2D eigenvalue weighted by Gasteiger charge is -2.28. The molecule has 1 aliphatic heterocycles. The maximum atomic E-state index is 14.6.